The van der Waals surface area contributed by atoms with E-state index in [1.54, 1.807) is 0 Å². The molecule has 31 heavy (non-hydrogen) atoms. The van der Waals surface area contributed by atoms with Crippen LogP contribution < -0.4 is 0 Å². The number of piperidine rings is 1. The number of Topliss-reactive ketones (excluding diaryl/α,β-unsaturated/α-hetero) is 1. The Bertz CT molecular complexity index is 742. The van der Waals surface area contributed by atoms with Crippen LogP contribution in [0.25, 0.3) is 0 Å². The van der Waals surface area contributed by atoms with Crippen LogP contribution in [-0.4, -0.2) is 49.0 Å². The molecule has 0 radical (unpaired) electrons. The zero-order valence-electron chi connectivity index (χ0n) is 18.4. The van der Waals surface area contributed by atoms with Crippen molar-refractivity contribution in [1.29, 1.82) is 0 Å². The fourth-order valence-electron chi connectivity index (χ4n) is 4.72. The molecule has 3 rings (SSSR count). The lowest BCUT2D eigenvalue weighted by molar-refractivity contribution is -0.140. The number of hydrogen-bond donors (Lipinski definition) is 0. The number of rotatable bonds is 10. The van der Waals surface area contributed by atoms with Gasteiger partial charge in [0, 0.05) is 23.2 Å². The second-order valence-corrected chi connectivity index (χ2v) is 9.43. The van der Waals surface area contributed by atoms with Crippen molar-refractivity contribution >= 4 is 27.7 Å². The van der Waals surface area contributed by atoms with E-state index in [1.165, 1.54) is 26.4 Å². The van der Waals surface area contributed by atoms with E-state index in [2.05, 4.69) is 43.8 Å². The van der Waals surface area contributed by atoms with Crippen molar-refractivity contribution in [3.05, 3.63) is 46.5 Å². The standard InChI is InChI=1S/C25H34BrNO4/c1-30-24(29)10-6-3-2-5-9-21-23(31-18-19-11-13-20(26)14-12-19)17-22(28)25(21)27-15-7-4-8-16-27/h2-3,11-14,21,23,25H,4-10,15-18H2,1H3/t21-,23-,25+/m0/s1. The van der Waals surface area contributed by atoms with Gasteiger partial charge >= 0.3 is 5.97 Å². The average molecular weight is 492 g/mol. The third-order valence-electron chi connectivity index (χ3n) is 6.35. The summed E-state index contributed by atoms with van der Waals surface area (Å²) in [4.78, 5) is 26.6. The largest absolute Gasteiger partial charge is 0.469 e. The summed E-state index contributed by atoms with van der Waals surface area (Å²) in [6.07, 6.45) is 11.2. The summed E-state index contributed by atoms with van der Waals surface area (Å²) in [5.41, 5.74) is 1.12. The second kappa shape index (κ2) is 12.5. The van der Waals surface area contributed by atoms with Gasteiger partial charge in [-0.1, -0.05) is 46.6 Å². The van der Waals surface area contributed by atoms with Crippen molar-refractivity contribution < 1.29 is 19.1 Å². The Labute approximate surface area is 194 Å². The summed E-state index contributed by atoms with van der Waals surface area (Å²) in [7, 11) is 1.41. The Morgan fingerprint density at radius 1 is 1.13 bits per heavy atom. The highest BCUT2D eigenvalue weighted by atomic mass is 79.9. The van der Waals surface area contributed by atoms with E-state index in [-0.39, 0.29) is 24.0 Å². The quantitative estimate of drug-likeness (QED) is 0.337. The van der Waals surface area contributed by atoms with Crippen LogP contribution in [0.1, 0.15) is 56.9 Å². The number of carbonyl (C=O) groups is 2. The molecule has 0 spiro atoms. The first kappa shape index (κ1) is 24.1. The zero-order valence-corrected chi connectivity index (χ0v) is 20.0. The van der Waals surface area contributed by atoms with Gasteiger partial charge in [-0.25, -0.2) is 0 Å². The number of ketones is 1. The maximum Gasteiger partial charge on any atom is 0.305 e. The van der Waals surface area contributed by atoms with Crippen molar-refractivity contribution in [2.45, 2.75) is 70.1 Å². The van der Waals surface area contributed by atoms with Crippen LogP contribution in [0, 0.1) is 5.92 Å². The number of nitrogens with zero attached hydrogens (tertiary/aromatic N) is 1. The topological polar surface area (TPSA) is 55.8 Å². The van der Waals surface area contributed by atoms with E-state index < -0.39 is 0 Å². The highest BCUT2D eigenvalue weighted by Crippen LogP contribution is 2.35. The minimum atomic E-state index is -0.183. The van der Waals surface area contributed by atoms with Crippen LogP contribution in [0.4, 0.5) is 0 Å². The SMILES string of the molecule is COC(=O)CCC=CCC[C@H]1[C@@H](OCc2ccc(Br)cc2)CC(=O)[C@@H]1N1CCCCC1. The van der Waals surface area contributed by atoms with Gasteiger partial charge in [-0.2, -0.15) is 0 Å². The Morgan fingerprint density at radius 2 is 1.84 bits per heavy atom. The fourth-order valence-corrected chi connectivity index (χ4v) is 4.99. The molecular formula is C25H34BrNO4. The molecule has 2 aliphatic rings. The molecule has 1 aromatic carbocycles. The van der Waals surface area contributed by atoms with Crippen LogP contribution in [-0.2, 0) is 25.7 Å². The Kier molecular flexibility index (Phi) is 9.75. The number of likely N-dealkylation sites (tertiary alicyclic amines) is 1. The molecule has 0 bridgehead atoms. The summed E-state index contributed by atoms with van der Waals surface area (Å²) in [6.45, 7) is 2.56. The maximum atomic E-state index is 13.0. The van der Waals surface area contributed by atoms with E-state index in [0.717, 1.165) is 36.0 Å². The number of methoxy groups -OCH3 is 1. The van der Waals surface area contributed by atoms with E-state index in [9.17, 15) is 9.59 Å². The summed E-state index contributed by atoms with van der Waals surface area (Å²) in [5, 5.41) is 0. The summed E-state index contributed by atoms with van der Waals surface area (Å²) >= 11 is 3.47. The molecule has 1 heterocycles. The van der Waals surface area contributed by atoms with Crippen LogP contribution in [0.5, 0.6) is 0 Å². The number of allylic oxidation sites excluding steroid dienone is 2. The van der Waals surface area contributed by atoms with E-state index in [4.69, 9.17) is 4.74 Å². The molecule has 1 saturated carbocycles. The fraction of sp³-hybridized carbons (Fsp3) is 0.600. The molecule has 0 N–H and O–H groups in total. The zero-order chi connectivity index (χ0) is 22.1. The van der Waals surface area contributed by atoms with E-state index in [1.807, 2.05) is 18.2 Å². The number of ether oxygens (including phenoxy) is 2. The van der Waals surface area contributed by atoms with Gasteiger partial charge in [0.15, 0.2) is 5.78 Å². The monoisotopic (exact) mass is 491 g/mol. The molecule has 3 atom stereocenters. The summed E-state index contributed by atoms with van der Waals surface area (Å²) in [6, 6.07) is 8.14. The lowest BCUT2D eigenvalue weighted by Crippen LogP contribution is -2.46. The van der Waals surface area contributed by atoms with E-state index in [0.29, 0.717) is 31.7 Å². The second-order valence-electron chi connectivity index (χ2n) is 8.52. The molecule has 1 saturated heterocycles. The first-order valence-corrected chi connectivity index (χ1v) is 12.2. The number of benzene rings is 1. The molecule has 1 aromatic rings. The highest BCUT2D eigenvalue weighted by molar-refractivity contribution is 9.10. The van der Waals surface area contributed by atoms with Gasteiger partial charge in [0.2, 0.25) is 0 Å². The lowest BCUT2D eigenvalue weighted by atomic mass is 9.92. The molecule has 0 unspecified atom stereocenters. The number of hydrogen-bond acceptors (Lipinski definition) is 5. The van der Waals surface area contributed by atoms with Crippen molar-refractivity contribution in [2.24, 2.45) is 5.92 Å². The molecule has 1 aliphatic carbocycles. The third kappa shape index (κ3) is 7.26. The molecule has 2 fully saturated rings. The molecule has 1 aliphatic heterocycles. The molecule has 6 heteroatoms. The van der Waals surface area contributed by atoms with Gasteiger partial charge in [-0.3, -0.25) is 14.5 Å². The van der Waals surface area contributed by atoms with Crippen molar-refractivity contribution in [3.8, 4) is 0 Å². The maximum absolute atomic E-state index is 13.0. The molecule has 170 valence electrons. The summed E-state index contributed by atoms with van der Waals surface area (Å²) in [5.74, 6) is 0.367. The molecule has 0 amide bonds. The predicted octanol–water partition coefficient (Wildman–Crippen LogP) is 5.07. The highest BCUT2D eigenvalue weighted by Gasteiger charge is 2.45. The average Bonchev–Trinajstić information content (AvgIpc) is 3.11. The van der Waals surface area contributed by atoms with Gasteiger partial charge in [0.1, 0.15) is 0 Å². The van der Waals surface area contributed by atoms with E-state index >= 15 is 0 Å². The summed E-state index contributed by atoms with van der Waals surface area (Å²) < 4.78 is 12.0. The predicted molar refractivity (Wildman–Crippen MR) is 125 cm³/mol. The Hall–Kier alpha value is -1.50. The third-order valence-corrected chi connectivity index (χ3v) is 6.88. The van der Waals surface area contributed by atoms with Crippen molar-refractivity contribution in [1.82, 2.24) is 4.90 Å². The van der Waals surface area contributed by atoms with Gasteiger partial charge < -0.3 is 9.47 Å². The van der Waals surface area contributed by atoms with Crippen molar-refractivity contribution in [2.75, 3.05) is 20.2 Å². The number of carbonyl (C=O) groups excluding carboxylic acids is 2. The smallest absolute Gasteiger partial charge is 0.305 e. The van der Waals surface area contributed by atoms with Crippen LogP contribution in [0.15, 0.2) is 40.9 Å². The minimum absolute atomic E-state index is 0.0151. The van der Waals surface area contributed by atoms with Gasteiger partial charge in [0.05, 0.1) is 25.9 Å². The lowest BCUT2D eigenvalue weighted by Gasteiger charge is -2.35. The molecule has 5 nitrogen and oxygen atoms in total. The molecular weight excluding hydrogens is 458 g/mol. The number of halogens is 1. The first-order valence-electron chi connectivity index (χ1n) is 11.4. The number of esters is 1. The van der Waals surface area contributed by atoms with Gasteiger partial charge in [-0.15, -0.1) is 0 Å². The van der Waals surface area contributed by atoms with Crippen LogP contribution in [0.2, 0.25) is 0 Å². The minimum Gasteiger partial charge on any atom is -0.469 e. The normalized spacial score (nSPS) is 24.7. The Balaban J connectivity index is 1.60. The van der Waals surface area contributed by atoms with Gasteiger partial charge in [-0.05, 0) is 62.9 Å². The van der Waals surface area contributed by atoms with Crippen LogP contribution in [0.3, 0.4) is 0 Å². The molecule has 0 aromatic heterocycles. The Morgan fingerprint density at radius 3 is 2.55 bits per heavy atom. The van der Waals surface area contributed by atoms with Gasteiger partial charge in [0.25, 0.3) is 0 Å². The van der Waals surface area contributed by atoms with Crippen LogP contribution >= 0.6 is 15.9 Å². The van der Waals surface area contributed by atoms with Crippen molar-refractivity contribution in [3.63, 3.8) is 0 Å². The first-order chi connectivity index (χ1) is 15.1.